The van der Waals surface area contributed by atoms with Crippen LogP contribution in [0.4, 0.5) is 5.69 Å². The molecule has 2 fully saturated rings. The van der Waals surface area contributed by atoms with Crippen LogP contribution in [0.1, 0.15) is 32.1 Å². The maximum Gasteiger partial charge on any atom is 0.248 e. The molecule has 1 heterocycles. The molecule has 1 aromatic carbocycles. The number of amides is 2. The first-order valence-electron chi connectivity index (χ1n) is 9.67. The summed E-state index contributed by atoms with van der Waals surface area (Å²) in [6.45, 7) is 2.95. The van der Waals surface area contributed by atoms with Crippen LogP contribution < -0.4 is 10.2 Å². The molecule has 1 aromatic rings. The lowest BCUT2D eigenvalue weighted by Crippen LogP contribution is -2.50. The van der Waals surface area contributed by atoms with Gasteiger partial charge in [-0.2, -0.15) is 0 Å². The molecule has 2 amide bonds. The van der Waals surface area contributed by atoms with Crippen LogP contribution in [0.25, 0.3) is 0 Å². The molecule has 6 heteroatoms. The van der Waals surface area contributed by atoms with Gasteiger partial charge in [0.1, 0.15) is 13.2 Å². The smallest absolute Gasteiger partial charge is 0.248 e. The van der Waals surface area contributed by atoms with E-state index in [0.29, 0.717) is 13.1 Å². The molecule has 1 N–H and O–H groups in total. The van der Waals surface area contributed by atoms with Gasteiger partial charge in [0, 0.05) is 37.9 Å². The summed E-state index contributed by atoms with van der Waals surface area (Å²) < 4.78 is 5.35. The number of piperazine rings is 1. The highest BCUT2D eigenvalue weighted by Crippen LogP contribution is 2.17. The van der Waals surface area contributed by atoms with Crippen molar-refractivity contribution in [2.75, 3.05) is 44.3 Å². The zero-order valence-corrected chi connectivity index (χ0v) is 15.4. The van der Waals surface area contributed by atoms with E-state index in [4.69, 9.17) is 4.74 Å². The molecule has 0 radical (unpaired) electrons. The first-order valence-corrected chi connectivity index (χ1v) is 9.67. The van der Waals surface area contributed by atoms with Gasteiger partial charge in [-0.05, 0) is 25.0 Å². The van der Waals surface area contributed by atoms with Gasteiger partial charge in [-0.15, -0.1) is 0 Å². The number of hydrogen-bond donors (Lipinski definition) is 1. The van der Waals surface area contributed by atoms with Crippen LogP contribution in [0.3, 0.4) is 0 Å². The third kappa shape index (κ3) is 5.46. The minimum Gasteiger partial charge on any atom is -0.368 e. The second kappa shape index (κ2) is 9.57. The van der Waals surface area contributed by atoms with Crippen molar-refractivity contribution < 1.29 is 14.3 Å². The Morgan fingerprint density at radius 2 is 1.65 bits per heavy atom. The van der Waals surface area contributed by atoms with E-state index in [0.717, 1.165) is 25.9 Å². The van der Waals surface area contributed by atoms with E-state index in [1.54, 1.807) is 0 Å². The van der Waals surface area contributed by atoms with Crippen molar-refractivity contribution >= 4 is 17.5 Å². The van der Waals surface area contributed by atoms with Crippen molar-refractivity contribution in [1.29, 1.82) is 0 Å². The lowest BCUT2D eigenvalue weighted by Gasteiger charge is -2.36. The number of nitrogens with one attached hydrogen (secondary N) is 1. The number of para-hydroxylation sites is 1. The van der Waals surface area contributed by atoms with Crippen LogP contribution in [0.15, 0.2) is 30.3 Å². The molecule has 1 aliphatic heterocycles. The van der Waals surface area contributed by atoms with E-state index in [9.17, 15) is 9.59 Å². The molecule has 0 unspecified atom stereocenters. The molecule has 2 aliphatic rings. The Labute approximate surface area is 155 Å². The van der Waals surface area contributed by atoms with Gasteiger partial charge in [0.05, 0.1) is 0 Å². The van der Waals surface area contributed by atoms with Gasteiger partial charge in [-0.25, -0.2) is 0 Å². The largest absolute Gasteiger partial charge is 0.368 e. The number of carbonyl (C=O) groups excluding carboxylic acids is 2. The lowest BCUT2D eigenvalue weighted by atomic mass is 9.95. The highest BCUT2D eigenvalue weighted by atomic mass is 16.5. The van der Waals surface area contributed by atoms with E-state index in [2.05, 4.69) is 22.3 Å². The van der Waals surface area contributed by atoms with E-state index >= 15 is 0 Å². The SMILES string of the molecule is O=C(COCC(=O)N1CCN(c2ccccc2)CC1)NC1CCCCC1. The summed E-state index contributed by atoms with van der Waals surface area (Å²) in [6.07, 6.45) is 5.72. The molecule has 0 atom stereocenters. The number of carbonyl (C=O) groups is 2. The first kappa shape index (κ1) is 18.7. The summed E-state index contributed by atoms with van der Waals surface area (Å²) in [4.78, 5) is 28.3. The van der Waals surface area contributed by atoms with Crippen LogP contribution in [0.2, 0.25) is 0 Å². The van der Waals surface area contributed by atoms with Crippen molar-refractivity contribution in [3.8, 4) is 0 Å². The highest BCUT2D eigenvalue weighted by molar-refractivity contribution is 5.80. The Morgan fingerprint density at radius 1 is 0.962 bits per heavy atom. The first-order chi connectivity index (χ1) is 12.7. The maximum absolute atomic E-state index is 12.3. The minimum absolute atomic E-state index is 0.0244. The predicted octanol–water partition coefficient (Wildman–Crippen LogP) is 1.80. The fourth-order valence-corrected chi connectivity index (χ4v) is 3.69. The second-order valence-electron chi connectivity index (χ2n) is 7.10. The summed E-state index contributed by atoms with van der Waals surface area (Å²) in [6, 6.07) is 10.5. The van der Waals surface area contributed by atoms with Crippen molar-refractivity contribution in [1.82, 2.24) is 10.2 Å². The molecular weight excluding hydrogens is 330 g/mol. The Bertz CT molecular complexity index is 579. The normalized spacial score (nSPS) is 18.6. The van der Waals surface area contributed by atoms with E-state index in [-0.39, 0.29) is 31.1 Å². The maximum atomic E-state index is 12.3. The Kier molecular flexibility index (Phi) is 6.89. The summed E-state index contributed by atoms with van der Waals surface area (Å²) in [5.41, 5.74) is 1.19. The van der Waals surface area contributed by atoms with Crippen LogP contribution >= 0.6 is 0 Å². The number of nitrogens with zero attached hydrogens (tertiary/aromatic N) is 2. The lowest BCUT2D eigenvalue weighted by molar-refractivity contribution is -0.138. The molecule has 26 heavy (non-hydrogen) atoms. The van der Waals surface area contributed by atoms with Gasteiger partial charge in [0.25, 0.3) is 0 Å². The van der Waals surface area contributed by atoms with Gasteiger partial charge in [-0.1, -0.05) is 37.5 Å². The van der Waals surface area contributed by atoms with Gasteiger partial charge in [0.2, 0.25) is 11.8 Å². The van der Waals surface area contributed by atoms with Gasteiger partial charge in [-0.3, -0.25) is 9.59 Å². The molecule has 6 nitrogen and oxygen atoms in total. The summed E-state index contributed by atoms with van der Waals surface area (Å²) in [7, 11) is 0. The molecule has 1 saturated heterocycles. The van der Waals surface area contributed by atoms with Crippen molar-refractivity contribution in [2.24, 2.45) is 0 Å². The fourth-order valence-electron chi connectivity index (χ4n) is 3.69. The molecule has 0 spiro atoms. The number of ether oxygens (including phenoxy) is 1. The van der Waals surface area contributed by atoms with Crippen molar-refractivity contribution in [3.63, 3.8) is 0 Å². The van der Waals surface area contributed by atoms with Crippen molar-refractivity contribution in [3.05, 3.63) is 30.3 Å². The van der Waals surface area contributed by atoms with Crippen LogP contribution in [-0.2, 0) is 14.3 Å². The van der Waals surface area contributed by atoms with E-state index in [1.807, 2.05) is 23.1 Å². The zero-order chi connectivity index (χ0) is 18.2. The number of anilines is 1. The average molecular weight is 359 g/mol. The van der Waals surface area contributed by atoms with Crippen molar-refractivity contribution in [2.45, 2.75) is 38.1 Å². The number of rotatable bonds is 6. The number of benzene rings is 1. The highest BCUT2D eigenvalue weighted by Gasteiger charge is 2.22. The monoisotopic (exact) mass is 359 g/mol. The van der Waals surface area contributed by atoms with Gasteiger partial charge < -0.3 is 19.9 Å². The Morgan fingerprint density at radius 3 is 2.35 bits per heavy atom. The molecule has 3 rings (SSSR count). The molecular formula is C20H29N3O3. The van der Waals surface area contributed by atoms with Crippen LogP contribution in [0, 0.1) is 0 Å². The molecule has 1 saturated carbocycles. The molecule has 0 bridgehead atoms. The summed E-state index contributed by atoms with van der Waals surface area (Å²) in [5.74, 6) is -0.151. The topological polar surface area (TPSA) is 61.9 Å². The molecule has 142 valence electrons. The fraction of sp³-hybridized carbons (Fsp3) is 0.600. The summed E-state index contributed by atoms with van der Waals surface area (Å²) >= 11 is 0. The standard InChI is InChI=1S/C20H29N3O3/c24-19(21-17-7-3-1-4-8-17)15-26-16-20(25)23-13-11-22(12-14-23)18-9-5-2-6-10-18/h2,5-6,9-10,17H,1,3-4,7-8,11-16H2,(H,21,24). The quantitative estimate of drug-likeness (QED) is 0.841. The van der Waals surface area contributed by atoms with Crippen LogP contribution in [-0.4, -0.2) is 62.1 Å². The third-order valence-electron chi connectivity index (χ3n) is 5.18. The Hall–Kier alpha value is -2.08. The Balaban J connectivity index is 1.32. The second-order valence-corrected chi connectivity index (χ2v) is 7.10. The van der Waals surface area contributed by atoms with E-state index in [1.165, 1.54) is 24.9 Å². The summed E-state index contributed by atoms with van der Waals surface area (Å²) in [5, 5.41) is 3.00. The van der Waals surface area contributed by atoms with E-state index < -0.39 is 0 Å². The number of hydrogen-bond acceptors (Lipinski definition) is 4. The molecule has 1 aliphatic carbocycles. The predicted molar refractivity (Wildman–Crippen MR) is 101 cm³/mol. The minimum atomic E-state index is -0.112. The zero-order valence-electron chi connectivity index (χ0n) is 15.4. The van der Waals surface area contributed by atoms with Gasteiger partial charge in [0.15, 0.2) is 0 Å². The third-order valence-corrected chi connectivity index (χ3v) is 5.18. The van der Waals surface area contributed by atoms with Gasteiger partial charge >= 0.3 is 0 Å². The van der Waals surface area contributed by atoms with Crippen LogP contribution in [0.5, 0.6) is 0 Å². The molecule has 0 aromatic heterocycles. The average Bonchev–Trinajstić information content (AvgIpc) is 2.69.